The number of nitrogens with zero attached hydrogens (tertiary/aromatic N) is 1. The van der Waals surface area contributed by atoms with E-state index >= 15 is 0 Å². The number of ether oxygens (including phenoxy) is 1. The molecule has 0 unspecified atom stereocenters. The van der Waals surface area contributed by atoms with Crippen LogP contribution in [0.3, 0.4) is 0 Å². The van der Waals surface area contributed by atoms with Gasteiger partial charge in [0, 0.05) is 13.1 Å². The highest BCUT2D eigenvalue weighted by Gasteiger charge is 2.58. The number of amides is 2. The van der Waals surface area contributed by atoms with Gasteiger partial charge in [0.1, 0.15) is 11.6 Å². The van der Waals surface area contributed by atoms with Crippen LogP contribution in [-0.4, -0.2) is 19.0 Å². The summed E-state index contributed by atoms with van der Waals surface area (Å²) in [6.07, 6.45) is 0.730. The lowest BCUT2D eigenvalue weighted by molar-refractivity contribution is -0.119. The van der Waals surface area contributed by atoms with E-state index in [2.05, 4.69) is 5.32 Å². The van der Waals surface area contributed by atoms with Gasteiger partial charge in [0.25, 0.3) is 0 Å². The normalized spacial score (nSPS) is 16.9. The zero-order chi connectivity index (χ0) is 16.9. The molecule has 122 valence electrons. The minimum atomic E-state index is -0.775. The average molecular weight is 326 g/mol. The van der Waals surface area contributed by atoms with Gasteiger partial charge in [-0.2, -0.15) is 0 Å². The van der Waals surface area contributed by atoms with Crippen LogP contribution in [0.4, 0.5) is 20.6 Å². The second-order valence-electron chi connectivity index (χ2n) is 6.12. The molecule has 0 atom stereocenters. The Morgan fingerprint density at radius 1 is 1.25 bits per heavy atom. The highest BCUT2D eigenvalue weighted by molar-refractivity contribution is 6.10. The van der Waals surface area contributed by atoms with Gasteiger partial charge >= 0.3 is 6.09 Å². The first-order valence-corrected chi connectivity index (χ1v) is 7.67. The average Bonchev–Trinajstić information content (AvgIpc) is 3.34. The topological polar surface area (TPSA) is 58.6 Å². The van der Waals surface area contributed by atoms with Crippen molar-refractivity contribution in [2.45, 2.75) is 18.3 Å². The number of carbonyl (C=O) groups is 2. The number of anilines is 2. The lowest BCUT2D eigenvalue weighted by atomic mass is 9.97. The van der Waals surface area contributed by atoms with Gasteiger partial charge in [0.05, 0.1) is 16.8 Å². The Labute approximate surface area is 138 Å². The van der Waals surface area contributed by atoms with E-state index in [0.717, 1.165) is 18.4 Å². The third-order valence-electron chi connectivity index (χ3n) is 4.62. The summed E-state index contributed by atoms with van der Waals surface area (Å²) in [5.41, 5.74) is 0.824. The van der Waals surface area contributed by atoms with Crippen LogP contribution in [0, 0.1) is 5.82 Å². The molecule has 4 rings (SSSR count). The van der Waals surface area contributed by atoms with E-state index in [4.69, 9.17) is 4.74 Å². The molecule has 2 amide bonds. The van der Waals surface area contributed by atoms with Crippen LogP contribution in [0.15, 0.2) is 42.5 Å². The number of likely N-dealkylation sites (N-methyl/N-ethyl adjacent to an activating group) is 1. The van der Waals surface area contributed by atoms with E-state index in [-0.39, 0.29) is 11.6 Å². The highest BCUT2D eigenvalue weighted by Crippen LogP contribution is 2.57. The predicted octanol–water partition coefficient (Wildman–Crippen LogP) is 3.44. The molecular weight excluding hydrogens is 311 g/mol. The molecule has 6 heteroatoms. The number of benzene rings is 2. The fraction of sp³-hybridized carbons (Fsp3) is 0.222. The fourth-order valence-electron chi connectivity index (χ4n) is 3.20. The first-order valence-electron chi connectivity index (χ1n) is 7.67. The molecule has 1 aliphatic carbocycles. The number of halogens is 1. The van der Waals surface area contributed by atoms with Gasteiger partial charge < -0.3 is 9.64 Å². The van der Waals surface area contributed by atoms with Crippen LogP contribution in [-0.2, 0) is 10.2 Å². The number of fused-ring (bicyclic) bond motifs is 2. The summed E-state index contributed by atoms with van der Waals surface area (Å²) in [4.78, 5) is 25.8. The van der Waals surface area contributed by atoms with Crippen molar-refractivity contribution in [3.05, 3.63) is 53.8 Å². The van der Waals surface area contributed by atoms with Crippen molar-refractivity contribution in [1.82, 2.24) is 0 Å². The van der Waals surface area contributed by atoms with Crippen molar-refractivity contribution in [2.24, 2.45) is 0 Å². The number of carbonyl (C=O) groups excluding carboxylic acids is 2. The molecule has 1 saturated carbocycles. The number of para-hydroxylation sites is 1. The van der Waals surface area contributed by atoms with Crippen molar-refractivity contribution >= 4 is 23.4 Å². The molecule has 24 heavy (non-hydrogen) atoms. The summed E-state index contributed by atoms with van der Waals surface area (Å²) < 4.78 is 19.4. The van der Waals surface area contributed by atoms with Crippen molar-refractivity contribution in [1.29, 1.82) is 0 Å². The second kappa shape index (κ2) is 5.06. The Bertz CT molecular complexity index is 847. The molecule has 0 radical (unpaired) electrons. The van der Waals surface area contributed by atoms with E-state index in [0.29, 0.717) is 11.4 Å². The van der Waals surface area contributed by atoms with Crippen molar-refractivity contribution < 1.29 is 18.7 Å². The molecule has 1 heterocycles. The molecule has 1 aliphatic heterocycles. The smallest absolute Gasteiger partial charge is 0.410 e. The molecule has 1 N–H and O–H groups in total. The minimum absolute atomic E-state index is 0.0130. The summed E-state index contributed by atoms with van der Waals surface area (Å²) in [6.45, 7) is 0. The van der Waals surface area contributed by atoms with Crippen LogP contribution in [0.2, 0.25) is 0 Å². The Hall–Kier alpha value is -2.89. The first kappa shape index (κ1) is 14.7. The summed E-state index contributed by atoms with van der Waals surface area (Å²) in [6, 6.07) is 11.4. The lowest BCUT2D eigenvalue weighted by Crippen LogP contribution is -2.27. The van der Waals surface area contributed by atoms with Crippen LogP contribution >= 0.6 is 0 Å². The standard InChI is InChI=1S/C18H15FN2O3/c1-21-15-10-13(19)14(9-12(15)18(7-8-18)16(21)22)20-17(23)24-11-5-3-2-4-6-11/h2-6,9-10H,7-8H2,1H3,(H,20,23). The quantitative estimate of drug-likeness (QED) is 0.919. The van der Waals surface area contributed by atoms with Gasteiger partial charge in [-0.3, -0.25) is 10.1 Å². The molecule has 0 bridgehead atoms. The maximum absolute atomic E-state index is 14.3. The zero-order valence-corrected chi connectivity index (χ0v) is 13.0. The maximum atomic E-state index is 14.3. The van der Waals surface area contributed by atoms with Gasteiger partial charge in [-0.25, -0.2) is 9.18 Å². The molecule has 1 spiro atoms. The largest absolute Gasteiger partial charge is 0.417 e. The van der Waals surface area contributed by atoms with Gasteiger partial charge in [0.2, 0.25) is 5.91 Å². The van der Waals surface area contributed by atoms with Gasteiger partial charge in [-0.15, -0.1) is 0 Å². The van der Waals surface area contributed by atoms with Gasteiger partial charge in [-0.1, -0.05) is 18.2 Å². The third-order valence-corrected chi connectivity index (χ3v) is 4.62. The van der Waals surface area contributed by atoms with Crippen LogP contribution in [0.25, 0.3) is 0 Å². The summed E-state index contributed by atoms with van der Waals surface area (Å²) in [5, 5.41) is 2.42. The van der Waals surface area contributed by atoms with Gasteiger partial charge in [0.15, 0.2) is 0 Å². The van der Waals surface area contributed by atoms with Crippen molar-refractivity contribution in [2.75, 3.05) is 17.3 Å². The van der Waals surface area contributed by atoms with E-state index in [1.54, 1.807) is 43.4 Å². The Morgan fingerprint density at radius 3 is 2.62 bits per heavy atom. The van der Waals surface area contributed by atoms with Crippen LogP contribution in [0.5, 0.6) is 5.75 Å². The van der Waals surface area contributed by atoms with E-state index in [9.17, 15) is 14.0 Å². The summed E-state index contributed by atoms with van der Waals surface area (Å²) in [7, 11) is 1.64. The SMILES string of the molecule is CN1C(=O)C2(CC2)c2cc(NC(=O)Oc3ccccc3)c(F)cc21. The number of hydrogen-bond donors (Lipinski definition) is 1. The van der Waals surface area contributed by atoms with E-state index in [1.165, 1.54) is 11.0 Å². The van der Waals surface area contributed by atoms with Crippen molar-refractivity contribution in [3.8, 4) is 5.75 Å². The number of hydrogen-bond acceptors (Lipinski definition) is 3. The molecule has 2 aromatic carbocycles. The van der Waals surface area contributed by atoms with Crippen molar-refractivity contribution in [3.63, 3.8) is 0 Å². The number of rotatable bonds is 2. The Balaban J connectivity index is 1.60. The first-order chi connectivity index (χ1) is 11.5. The zero-order valence-electron chi connectivity index (χ0n) is 13.0. The van der Waals surface area contributed by atoms with E-state index < -0.39 is 17.3 Å². The molecule has 0 aromatic heterocycles. The van der Waals surface area contributed by atoms with Crippen LogP contribution < -0.4 is 15.0 Å². The Kier molecular flexibility index (Phi) is 3.09. The maximum Gasteiger partial charge on any atom is 0.417 e. The number of nitrogens with one attached hydrogen (secondary N) is 1. The third kappa shape index (κ3) is 2.14. The molecule has 2 aliphatic rings. The van der Waals surface area contributed by atoms with Crippen LogP contribution in [0.1, 0.15) is 18.4 Å². The monoisotopic (exact) mass is 326 g/mol. The highest BCUT2D eigenvalue weighted by atomic mass is 19.1. The predicted molar refractivity (Wildman–Crippen MR) is 86.8 cm³/mol. The molecule has 5 nitrogen and oxygen atoms in total. The fourth-order valence-corrected chi connectivity index (χ4v) is 3.20. The van der Waals surface area contributed by atoms with Gasteiger partial charge in [-0.05, 0) is 36.6 Å². The summed E-state index contributed by atoms with van der Waals surface area (Å²) >= 11 is 0. The Morgan fingerprint density at radius 2 is 1.96 bits per heavy atom. The lowest BCUT2D eigenvalue weighted by Gasteiger charge is -2.12. The molecular formula is C18H15FN2O3. The molecule has 1 fully saturated rings. The summed E-state index contributed by atoms with van der Waals surface area (Å²) in [5.74, 6) is -0.248. The second-order valence-corrected chi connectivity index (χ2v) is 6.12. The minimum Gasteiger partial charge on any atom is -0.410 e. The molecule has 2 aromatic rings. The van der Waals surface area contributed by atoms with E-state index in [1.807, 2.05) is 0 Å². The molecule has 0 saturated heterocycles.